The van der Waals surface area contributed by atoms with Gasteiger partial charge in [0.2, 0.25) is 0 Å². The van der Waals surface area contributed by atoms with Crippen LogP contribution in [0.3, 0.4) is 0 Å². The predicted octanol–water partition coefficient (Wildman–Crippen LogP) is 3.27. The summed E-state index contributed by atoms with van der Waals surface area (Å²) in [5.74, 6) is 0. The average Bonchev–Trinajstić information content (AvgIpc) is 1.96. The zero-order valence-electron chi connectivity index (χ0n) is 6.17. The van der Waals surface area contributed by atoms with Crippen LogP contribution in [0.2, 0.25) is 0 Å². The van der Waals surface area contributed by atoms with Crippen LogP contribution in [0.15, 0.2) is 16.6 Å². The van der Waals surface area contributed by atoms with E-state index in [1.54, 1.807) is 6.07 Å². The van der Waals surface area contributed by atoms with E-state index < -0.39 is 0 Å². The SMILES string of the molecule is Cc1cc(I)c(Br)c([N+](=O)[O-])c1. The third-order valence-corrected chi connectivity index (χ3v) is 3.78. The lowest BCUT2D eigenvalue weighted by atomic mass is 10.2. The fourth-order valence-electron chi connectivity index (χ4n) is 0.839. The van der Waals surface area contributed by atoms with Gasteiger partial charge in [-0.05, 0) is 57.1 Å². The Morgan fingerprint density at radius 2 is 2.17 bits per heavy atom. The maximum Gasteiger partial charge on any atom is 0.284 e. The molecule has 1 aromatic rings. The maximum atomic E-state index is 10.5. The molecule has 0 aromatic heterocycles. The highest BCUT2D eigenvalue weighted by Gasteiger charge is 2.14. The Bertz CT molecular complexity index is 340. The number of nitro benzene ring substituents is 1. The maximum absolute atomic E-state index is 10.5. The molecular weight excluding hydrogens is 337 g/mol. The normalized spacial score (nSPS) is 9.92. The molecule has 0 aliphatic carbocycles. The van der Waals surface area contributed by atoms with Gasteiger partial charge >= 0.3 is 0 Å². The summed E-state index contributed by atoms with van der Waals surface area (Å²) in [5.41, 5.74) is 1.02. The van der Waals surface area contributed by atoms with Crippen LogP contribution in [-0.2, 0) is 0 Å². The van der Waals surface area contributed by atoms with Gasteiger partial charge in [-0.2, -0.15) is 0 Å². The van der Waals surface area contributed by atoms with Gasteiger partial charge in [-0.1, -0.05) is 0 Å². The van der Waals surface area contributed by atoms with Crippen molar-refractivity contribution in [1.82, 2.24) is 0 Å². The second kappa shape index (κ2) is 3.69. The summed E-state index contributed by atoms with van der Waals surface area (Å²) in [7, 11) is 0. The van der Waals surface area contributed by atoms with Crippen LogP contribution in [0.25, 0.3) is 0 Å². The smallest absolute Gasteiger partial charge is 0.258 e. The molecule has 64 valence electrons. The number of nitrogens with zero attached hydrogens (tertiary/aromatic N) is 1. The number of hydrogen-bond acceptors (Lipinski definition) is 2. The molecule has 12 heavy (non-hydrogen) atoms. The molecule has 0 heterocycles. The van der Waals surface area contributed by atoms with Gasteiger partial charge in [0.05, 0.1) is 4.92 Å². The van der Waals surface area contributed by atoms with E-state index in [4.69, 9.17) is 0 Å². The minimum atomic E-state index is -0.390. The van der Waals surface area contributed by atoms with Gasteiger partial charge in [-0.3, -0.25) is 10.1 Å². The first-order chi connectivity index (χ1) is 5.52. The largest absolute Gasteiger partial charge is 0.284 e. The molecule has 5 heteroatoms. The lowest BCUT2D eigenvalue weighted by molar-refractivity contribution is -0.385. The Balaban J connectivity index is 3.37. The lowest BCUT2D eigenvalue weighted by Crippen LogP contribution is -1.92. The number of nitro groups is 1. The molecule has 1 rings (SSSR count). The van der Waals surface area contributed by atoms with Gasteiger partial charge in [0.25, 0.3) is 5.69 Å². The topological polar surface area (TPSA) is 43.1 Å². The van der Waals surface area contributed by atoms with Gasteiger partial charge in [-0.15, -0.1) is 0 Å². The average molecular weight is 342 g/mol. The summed E-state index contributed by atoms with van der Waals surface area (Å²) in [6, 6.07) is 3.43. The summed E-state index contributed by atoms with van der Waals surface area (Å²) in [6.07, 6.45) is 0. The van der Waals surface area contributed by atoms with Crippen molar-refractivity contribution in [3.05, 3.63) is 35.9 Å². The fourth-order valence-corrected chi connectivity index (χ4v) is 1.98. The van der Waals surface area contributed by atoms with E-state index in [0.717, 1.165) is 9.13 Å². The number of aryl methyl sites for hydroxylation is 1. The monoisotopic (exact) mass is 341 g/mol. The lowest BCUT2D eigenvalue weighted by Gasteiger charge is -1.99. The van der Waals surface area contributed by atoms with Crippen LogP contribution in [0.5, 0.6) is 0 Å². The first-order valence-electron chi connectivity index (χ1n) is 3.12. The van der Waals surface area contributed by atoms with Gasteiger partial charge in [0.1, 0.15) is 4.47 Å². The molecule has 0 spiro atoms. The first kappa shape index (κ1) is 9.91. The van der Waals surface area contributed by atoms with Crippen molar-refractivity contribution in [2.45, 2.75) is 6.92 Å². The molecular formula is C7H5BrINO2. The molecule has 0 aliphatic rings. The summed E-state index contributed by atoms with van der Waals surface area (Å²) < 4.78 is 1.41. The molecule has 0 fully saturated rings. The minimum absolute atomic E-state index is 0.124. The Morgan fingerprint density at radius 3 is 2.67 bits per heavy atom. The van der Waals surface area contributed by atoms with E-state index >= 15 is 0 Å². The number of hydrogen-bond donors (Lipinski definition) is 0. The quantitative estimate of drug-likeness (QED) is 0.447. The molecule has 0 saturated carbocycles. The highest BCUT2D eigenvalue weighted by molar-refractivity contribution is 14.1. The van der Waals surface area contributed by atoms with Crippen LogP contribution in [-0.4, -0.2) is 4.92 Å². The molecule has 0 unspecified atom stereocenters. The van der Waals surface area contributed by atoms with Crippen LogP contribution in [0.1, 0.15) is 5.56 Å². The standard InChI is InChI=1S/C7H5BrINO2/c1-4-2-5(9)7(8)6(3-4)10(11)12/h2-3H,1H3. The van der Waals surface area contributed by atoms with Crippen molar-refractivity contribution in [2.24, 2.45) is 0 Å². The van der Waals surface area contributed by atoms with E-state index in [0.29, 0.717) is 4.47 Å². The Labute approximate surface area is 91.6 Å². The van der Waals surface area contributed by atoms with Crippen LogP contribution in [0.4, 0.5) is 5.69 Å². The van der Waals surface area contributed by atoms with Crippen molar-refractivity contribution in [2.75, 3.05) is 0 Å². The van der Waals surface area contributed by atoms with Crippen molar-refractivity contribution in [3.63, 3.8) is 0 Å². The molecule has 0 saturated heterocycles. The van der Waals surface area contributed by atoms with Gasteiger partial charge < -0.3 is 0 Å². The van der Waals surface area contributed by atoms with Crippen molar-refractivity contribution < 1.29 is 4.92 Å². The van der Waals surface area contributed by atoms with Crippen LogP contribution >= 0.6 is 38.5 Å². The van der Waals surface area contributed by atoms with Crippen LogP contribution < -0.4 is 0 Å². The van der Waals surface area contributed by atoms with E-state index in [1.165, 1.54) is 0 Å². The molecule has 3 nitrogen and oxygen atoms in total. The molecule has 1 aromatic carbocycles. The van der Waals surface area contributed by atoms with E-state index in [2.05, 4.69) is 38.5 Å². The second-order valence-electron chi connectivity index (χ2n) is 2.34. The third-order valence-electron chi connectivity index (χ3n) is 1.35. The molecule has 0 amide bonds. The van der Waals surface area contributed by atoms with Crippen molar-refractivity contribution in [3.8, 4) is 0 Å². The molecule has 0 bridgehead atoms. The third kappa shape index (κ3) is 1.95. The van der Waals surface area contributed by atoms with Crippen molar-refractivity contribution in [1.29, 1.82) is 0 Å². The van der Waals surface area contributed by atoms with Crippen LogP contribution in [0, 0.1) is 20.6 Å². The predicted molar refractivity (Wildman–Crippen MR) is 58.3 cm³/mol. The Kier molecular flexibility index (Phi) is 3.05. The number of rotatable bonds is 1. The van der Waals surface area contributed by atoms with Gasteiger partial charge in [0, 0.05) is 9.64 Å². The Morgan fingerprint density at radius 1 is 1.58 bits per heavy atom. The summed E-state index contributed by atoms with van der Waals surface area (Å²) >= 11 is 5.22. The van der Waals surface area contributed by atoms with E-state index in [9.17, 15) is 10.1 Å². The zero-order chi connectivity index (χ0) is 9.30. The molecule has 0 aliphatic heterocycles. The Hall–Kier alpha value is -0.170. The highest BCUT2D eigenvalue weighted by atomic mass is 127. The molecule has 0 N–H and O–H groups in total. The molecule has 0 radical (unpaired) electrons. The number of halogens is 2. The highest BCUT2D eigenvalue weighted by Crippen LogP contribution is 2.30. The van der Waals surface area contributed by atoms with E-state index in [1.807, 2.05) is 13.0 Å². The zero-order valence-corrected chi connectivity index (χ0v) is 9.92. The van der Waals surface area contributed by atoms with Gasteiger partial charge in [-0.25, -0.2) is 0 Å². The minimum Gasteiger partial charge on any atom is -0.258 e. The summed E-state index contributed by atoms with van der Waals surface area (Å²) in [6.45, 7) is 1.83. The molecule has 0 atom stereocenters. The summed E-state index contributed by atoms with van der Waals surface area (Å²) in [4.78, 5) is 10.1. The fraction of sp³-hybridized carbons (Fsp3) is 0.143. The van der Waals surface area contributed by atoms with Crippen molar-refractivity contribution >= 4 is 44.2 Å². The summed E-state index contributed by atoms with van der Waals surface area (Å²) in [5, 5.41) is 10.5. The first-order valence-corrected chi connectivity index (χ1v) is 4.99. The van der Waals surface area contributed by atoms with Gasteiger partial charge in [0.15, 0.2) is 0 Å². The number of benzene rings is 1. The van der Waals surface area contributed by atoms with E-state index in [-0.39, 0.29) is 10.6 Å². The second-order valence-corrected chi connectivity index (χ2v) is 4.29.